The monoisotopic (exact) mass is 217 g/mol. The lowest BCUT2D eigenvalue weighted by molar-refractivity contribution is 1.08. The van der Waals surface area contributed by atoms with E-state index in [1.54, 1.807) is 13.1 Å². The molecule has 76 valence electrons. The second kappa shape index (κ2) is 4.23. The van der Waals surface area contributed by atoms with Gasteiger partial charge in [-0.15, -0.1) is 0 Å². The van der Waals surface area contributed by atoms with Crippen molar-refractivity contribution in [2.45, 2.75) is 0 Å². The summed E-state index contributed by atoms with van der Waals surface area (Å²) < 4.78 is 2.01. The molecule has 2 rings (SSSR count). The van der Waals surface area contributed by atoms with E-state index in [-0.39, 0.29) is 0 Å². The summed E-state index contributed by atoms with van der Waals surface area (Å²) in [6.07, 6.45) is 1.73. The Bertz CT molecular complexity index is 522. The average Bonchev–Trinajstić information content (AvgIpc) is 2.73. The molecule has 0 saturated carbocycles. The molecule has 3 nitrogen and oxygen atoms in total. The van der Waals surface area contributed by atoms with E-state index in [2.05, 4.69) is 16.6 Å². The summed E-state index contributed by atoms with van der Waals surface area (Å²) >= 11 is 1.50. The topological polar surface area (TPSA) is 30.2 Å². The van der Waals surface area contributed by atoms with E-state index in [1.165, 1.54) is 11.5 Å². The third-order valence-electron chi connectivity index (χ3n) is 1.96. The van der Waals surface area contributed by atoms with Crippen LogP contribution in [0.4, 0.5) is 0 Å². The summed E-state index contributed by atoms with van der Waals surface area (Å²) in [7, 11) is 1.74. The molecule has 0 N–H and O–H groups in total. The van der Waals surface area contributed by atoms with Crippen LogP contribution in [0.3, 0.4) is 0 Å². The fraction of sp³-hybridized carbons (Fsp3) is 0.0909. The van der Waals surface area contributed by atoms with Crippen molar-refractivity contribution in [2.75, 3.05) is 7.05 Å². The summed E-state index contributed by atoms with van der Waals surface area (Å²) in [5.74, 6) is 0.826. The second-order valence-corrected chi connectivity index (χ2v) is 3.81. The standard InChI is InChI=1S/C11H11N3S/c1-3-10-13-11(12-2)15-14(10)9-7-5-4-6-8-9/h3-8H,1H2,2H3. The zero-order chi connectivity index (χ0) is 10.7. The smallest absolute Gasteiger partial charge is 0.222 e. The van der Waals surface area contributed by atoms with Crippen molar-refractivity contribution >= 4 is 17.6 Å². The second-order valence-electron chi connectivity index (χ2n) is 2.90. The summed E-state index contributed by atoms with van der Waals surface area (Å²) in [6.45, 7) is 3.75. The first kappa shape index (κ1) is 9.86. The van der Waals surface area contributed by atoms with Crippen molar-refractivity contribution in [3.63, 3.8) is 0 Å². The van der Waals surface area contributed by atoms with Crippen molar-refractivity contribution in [1.29, 1.82) is 0 Å². The fourth-order valence-corrected chi connectivity index (χ4v) is 2.08. The van der Waals surface area contributed by atoms with Crippen LogP contribution in [0.1, 0.15) is 5.82 Å². The molecule has 0 radical (unpaired) electrons. The molecule has 0 spiro atoms. The molecule has 0 aliphatic heterocycles. The average molecular weight is 217 g/mol. The van der Waals surface area contributed by atoms with E-state index in [4.69, 9.17) is 0 Å². The highest BCUT2D eigenvalue weighted by atomic mass is 32.1. The zero-order valence-corrected chi connectivity index (χ0v) is 9.24. The van der Waals surface area contributed by atoms with E-state index < -0.39 is 0 Å². The molecule has 15 heavy (non-hydrogen) atoms. The van der Waals surface area contributed by atoms with Crippen LogP contribution in [-0.2, 0) is 0 Å². The summed E-state index contributed by atoms with van der Waals surface area (Å²) in [6, 6.07) is 10.0. The van der Waals surface area contributed by atoms with Gasteiger partial charge in [0.15, 0.2) is 0 Å². The Morgan fingerprint density at radius 1 is 1.40 bits per heavy atom. The van der Waals surface area contributed by atoms with Gasteiger partial charge in [0.05, 0.1) is 5.69 Å². The van der Waals surface area contributed by atoms with Crippen LogP contribution < -0.4 is 4.80 Å². The van der Waals surface area contributed by atoms with Gasteiger partial charge in [0.1, 0.15) is 5.82 Å². The highest BCUT2D eigenvalue weighted by Crippen LogP contribution is 2.12. The largest absolute Gasteiger partial charge is 0.260 e. The van der Waals surface area contributed by atoms with Crippen molar-refractivity contribution in [2.24, 2.45) is 4.99 Å². The number of benzene rings is 1. The molecule has 0 fully saturated rings. The minimum absolute atomic E-state index is 0.758. The van der Waals surface area contributed by atoms with Crippen LogP contribution in [0.2, 0.25) is 0 Å². The van der Waals surface area contributed by atoms with Crippen LogP contribution in [0.25, 0.3) is 11.8 Å². The highest BCUT2D eigenvalue weighted by Gasteiger charge is 2.03. The SMILES string of the molecule is C=Cc1nc(=NC)sn1-c1ccccc1. The quantitative estimate of drug-likeness (QED) is 0.757. The Balaban J connectivity index is 2.62. The van der Waals surface area contributed by atoms with Gasteiger partial charge in [0.25, 0.3) is 0 Å². The predicted molar refractivity (Wildman–Crippen MR) is 63.0 cm³/mol. The Labute approximate surface area is 92.2 Å². The molecule has 0 amide bonds. The summed E-state index contributed by atoms with van der Waals surface area (Å²) in [4.78, 5) is 9.14. The Morgan fingerprint density at radius 2 is 2.13 bits per heavy atom. The van der Waals surface area contributed by atoms with Gasteiger partial charge < -0.3 is 0 Å². The number of nitrogens with zero attached hydrogens (tertiary/aromatic N) is 3. The van der Waals surface area contributed by atoms with Crippen LogP contribution >= 0.6 is 11.5 Å². The predicted octanol–water partition coefficient (Wildman–Crippen LogP) is 2.11. The van der Waals surface area contributed by atoms with Crippen LogP contribution in [0.15, 0.2) is 41.9 Å². The van der Waals surface area contributed by atoms with Crippen molar-refractivity contribution in [3.8, 4) is 5.69 Å². The number of hydrogen-bond donors (Lipinski definition) is 0. The van der Waals surface area contributed by atoms with E-state index in [1.807, 2.05) is 34.3 Å². The first-order valence-corrected chi connectivity index (χ1v) is 5.33. The maximum Gasteiger partial charge on any atom is 0.222 e. The molecule has 2 aromatic rings. The molecular weight excluding hydrogens is 206 g/mol. The van der Waals surface area contributed by atoms with Gasteiger partial charge >= 0.3 is 0 Å². The van der Waals surface area contributed by atoms with Gasteiger partial charge in [0.2, 0.25) is 4.80 Å². The number of rotatable bonds is 2. The molecule has 0 aliphatic carbocycles. The van der Waals surface area contributed by atoms with E-state index in [0.29, 0.717) is 0 Å². The maximum atomic E-state index is 4.32. The lowest BCUT2D eigenvalue weighted by atomic mass is 10.3. The van der Waals surface area contributed by atoms with Gasteiger partial charge in [0, 0.05) is 7.05 Å². The van der Waals surface area contributed by atoms with Crippen molar-refractivity contribution in [1.82, 2.24) is 8.94 Å². The lowest BCUT2D eigenvalue weighted by Crippen LogP contribution is -1.95. The first-order chi connectivity index (χ1) is 7.35. The molecule has 1 aromatic heterocycles. The van der Waals surface area contributed by atoms with Gasteiger partial charge in [-0.25, -0.2) is 3.96 Å². The number of aromatic nitrogens is 2. The molecule has 0 saturated heterocycles. The molecular formula is C11H11N3S. The maximum absolute atomic E-state index is 4.32. The summed E-state index contributed by atoms with van der Waals surface area (Å²) in [5, 5.41) is 0. The Hall–Kier alpha value is -1.68. The molecule has 4 heteroatoms. The first-order valence-electron chi connectivity index (χ1n) is 4.56. The lowest BCUT2D eigenvalue weighted by Gasteiger charge is -2.01. The Morgan fingerprint density at radius 3 is 2.73 bits per heavy atom. The van der Waals surface area contributed by atoms with Gasteiger partial charge in [-0.05, 0) is 29.7 Å². The fourth-order valence-electron chi connectivity index (χ4n) is 1.26. The van der Waals surface area contributed by atoms with E-state index in [9.17, 15) is 0 Å². The van der Waals surface area contributed by atoms with Gasteiger partial charge in [-0.1, -0.05) is 24.8 Å². The number of hydrogen-bond acceptors (Lipinski definition) is 3. The third kappa shape index (κ3) is 1.89. The zero-order valence-electron chi connectivity index (χ0n) is 8.42. The van der Waals surface area contributed by atoms with Crippen molar-refractivity contribution in [3.05, 3.63) is 47.5 Å². The molecule has 0 unspecified atom stereocenters. The molecule has 0 bridgehead atoms. The van der Waals surface area contributed by atoms with Crippen molar-refractivity contribution < 1.29 is 0 Å². The number of para-hydroxylation sites is 1. The van der Waals surface area contributed by atoms with Gasteiger partial charge in [-0.2, -0.15) is 4.98 Å². The molecule has 1 heterocycles. The molecule has 1 aromatic carbocycles. The van der Waals surface area contributed by atoms with Crippen LogP contribution in [0.5, 0.6) is 0 Å². The summed E-state index contributed by atoms with van der Waals surface area (Å²) in [5.41, 5.74) is 1.08. The minimum Gasteiger partial charge on any atom is -0.260 e. The third-order valence-corrected chi connectivity index (χ3v) is 2.97. The molecule has 0 aliphatic rings. The van der Waals surface area contributed by atoms with Gasteiger partial charge in [-0.3, -0.25) is 4.99 Å². The van der Waals surface area contributed by atoms with E-state index >= 15 is 0 Å². The minimum atomic E-state index is 0.758. The molecule has 0 atom stereocenters. The Kier molecular flexibility index (Phi) is 2.78. The van der Waals surface area contributed by atoms with Crippen LogP contribution in [-0.4, -0.2) is 16.0 Å². The van der Waals surface area contributed by atoms with Crippen LogP contribution in [0, 0.1) is 0 Å². The van der Waals surface area contributed by atoms with E-state index in [0.717, 1.165) is 16.3 Å². The highest BCUT2D eigenvalue weighted by molar-refractivity contribution is 7.04. The normalized spacial score (nSPS) is 11.7.